The van der Waals surface area contributed by atoms with Crippen LogP contribution in [0.15, 0.2) is 24.3 Å². The van der Waals surface area contributed by atoms with Crippen molar-refractivity contribution in [1.82, 2.24) is 5.32 Å². The molecule has 0 radical (unpaired) electrons. The number of aliphatic hydroxyl groups is 1. The monoisotopic (exact) mass is 247 g/mol. The van der Waals surface area contributed by atoms with Crippen LogP contribution >= 0.6 is 0 Å². The van der Waals surface area contributed by atoms with E-state index in [2.05, 4.69) is 10.6 Å². The van der Waals surface area contributed by atoms with Gasteiger partial charge in [-0.3, -0.25) is 0 Å². The summed E-state index contributed by atoms with van der Waals surface area (Å²) in [6.45, 7) is 2.01. The van der Waals surface area contributed by atoms with Gasteiger partial charge in [0.15, 0.2) is 0 Å². The zero-order valence-corrected chi connectivity index (χ0v) is 10.3. The number of anilines is 1. The predicted octanol–water partition coefficient (Wildman–Crippen LogP) is 1.84. The van der Waals surface area contributed by atoms with Crippen LogP contribution in [0.25, 0.3) is 0 Å². The van der Waals surface area contributed by atoms with Crippen LogP contribution in [0.5, 0.6) is 0 Å². The van der Waals surface area contributed by atoms with Crippen molar-refractivity contribution >= 4 is 11.7 Å². The second kappa shape index (κ2) is 7.30. The van der Waals surface area contributed by atoms with Crippen molar-refractivity contribution in [1.29, 1.82) is 5.26 Å². The van der Waals surface area contributed by atoms with Gasteiger partial charge in [0.1, 0.15) is 0 Å². The number of hydrogen-bond donors (Lipinski definition) is 3. The van der Waals surface area contributed by atoms with Crippen molar-refractivity contribution in [3.63, 3.8) is 0 Å². The largest absolute Gasteiger partial charge is 0.396 e. The van der Waals surface area contributed by atoms with Crippen molar-refractivity contribution in [2.24, 2.45) is 0 Å². The summed E-state index contributed by atoms with van der Waals surface area (Å²) in [5, 5.41) is 22.8. The summed E-state index contributed by atoms with van der Waals surface area (Å²) in [5.74, 6) is 0. The van der Waals surface area contributed by atoms with E-state index >= 15 is 0 Å². The molecule has 0 aliphatic rings. The van der Waals surface area contributed by atoms with Gasteiger partial charge in [-0.25, -0.2) is 4.79 Å². The van der Waals surface area contributed by atoms with Crippen LogP contribution in [-0.4, -0.2) is 23.8 Å². The highest BCUT2D eigenvalue weighted by Gasteiger charge is 2.06. The third kappa shape index (κ3) is 4.85. The van der Waals surface area contributed by atoms with Crippen LogP contribution in [0.1, 0.15) is 25.3 Å². The van der Waals surface area contributed by atoms with Crippen LogP contribution < -0.4 is 10.6 Å². The summed E-state index contributed by atoms with van der Waals surface area (Å²) in [5.41, 5.74) is 1.19. The van der Waals surface area contributed by atoms with Gasteiger partial charge in [0.05, 0.1) is 11.6 Å². The van der Waals surface area contributed by atoms with E-state index in [0.717, 1.165) is 6.42 Å². The van der Waals surface area contributed by atoms with Gasteiger partial charge in [0, 0.05) is 18.3 Å². The maximum absolute atomic E-state index is 11.6. The number of amides is 2. The van der Waals surface area contributed by atoms with Crippen LogP contribution in [-0.2, 0) is 0 Å². The van der Waals surface area contributed by atoms with E-state index in [9.17, 15) is 4.79 Å². The fourth-order valence-electron chi connectivity index (χ4n) is 1.49. The van der Waals surface area contributed by atoms with E-state index < -0.39 is 0 Å². The summed E-state index contributed by atoms with van der Waals surface area (Å²) >= 11 is 0. The maximum Gasteiger partial charge on any atom is 0.319 e. The van der Waals surface area contributed by atoms with Gasteiger partial charge in [-0.2, -0.15) is 5.26 Å². The highest BCUT2D eigenvalue weighted by molar-refractivity contribution is 5.89. The SMILES string of the molecule is C[C@@H](CCCO)NC(=O)Nc1ccc(C#N)cc1. The van der Waals surface area contributed by atoms with E-state index in [0.29, 0.717) is 17.7 Å². The zero-order valence-electron chi connectivity index (χ0n) is 10.3. The Morgan fingerprint density at radius 1 is 1.44 bits per heavy atom. The quantitative estimate of drug-likeness (QED) is 0.742. The molecule has 5 nitrogen and oxygen atoms in total. The first kappa shape index (κ1) is 14.0. The van der Waals surface area contributed by atoms with Gasteiger partial charge >= 0.3 is 6.03 Å². The van der Waals surface area contributed by atoms with Gasteiger partial charge in [-0.1, -0.05) is 0 Å². The molecule has 1 atom stereocenters. The molecule has 1 rings (SSSR count). The normalized spacial score (nSPS) is 11.4. The minimum absolute atomic E-state index is 0.00975. The number of nitriles is 1. The highest BCUT2D eigenvalue weighted by atomic mass is 16.3. The van der Waals surface area contributed by atoms with E-state index in [1.54, 1.807) is 24.3 Å². The molecule has 1 aromatic rings. The summed E-state index contributed by atoms with van der Waals surface area (Å²) in [7, 11) is 0. The number of carbonyl (C=O) groups excluding carboxylic acids is 1. The molecule has 96 valence electrons. The first-order chi connectivity index (χ1) is 8.65. The van der Waals surface area contributed by atoms with E-state index in [4.69, 9.17) is 10.4 Å². The Labute approximate surface area is 106 Å². The zero-order chi connectivity index (χ0) is 13.4. The lowest BCUT2D eigenvalue weighted by molar-refractivity contribution is 0.245. The molecule has 5 heteroatoms. The number of hydrogen-bond acceptors (Lipinski definition) is 3. The molecule has 0 fully saturated rings. The van der Waals surface area contributed by atoms with Crippen molar-refractivity contribution in [3.8, 4) is 6.07 Å². The first-order valence-corrected chi connectivity index (χ1v) is 5.84. The molecule has 0 bridgehead atoms. The molecule has 1 aromatic carbocycles. The lowest BCUT2D eigenvalue weighted by atomic mass is 10.2. The topological polar surface area (TPSA) is 85.2 Å². The van der Waals surface area contributed by atoms with Gasteiger partial charge in [0.2, 0.25) is 0 Å². The molecule has 0 aromatic heterocycles. The number of nitrogens with zero attached hydrogens (tertiary/aromatic N) is 1. The Kier molecular flexibility index (Phi) is 5.68. The number of nitrogens with one attached hydrogen (secondary N) is 2. The fraction of sp³-hybridized carbons (Fsp3) is 0.385. The molecule has 2 amide bonds. The minimum Gasteiger partial charge on any atom is -0.396 e. The molecular formula is C13H17N3O2. The molecule has 0 spiro atoms. The average Bonchev–Trinajstić information content (AvgIpc) is 2.37. The number of urea groups is 1. The minimum atomic E-state index is -0.287. The Balaban J connectivity index is 2.41. The van der Waals surface area contributed by atoms with E-state index in [1.807, 2.05) is 13.0 Å². The summed E-state index contributed by atoms with van der Waals surface area (Å²) in [6, 6.07) is 8.38. The first-order valence-electron chi connectivity index (χ1n) is 5.84. The average molecular weight is 247 g/mol. The number of benzene rings is 1. The number of carbonyl (C=O) groups is 1. The highest BCUT2D eigenvalue weighted by Crippen LogP contribution is 2.08. The van der Waals surface area contributed by atoms with Gasteiger partial charge in [-0.15, -0.1) is 0 Å². The van der Waals surface area contributed by atoms with Crippen molar-refractivity contribution in [2.75, 3.05) is 11.9 Å². The molecule has 18 heavy (non-hydrogen) atoms. The van der Waals surface area contributed by atoms with Crippen molar-refractivity contribution in [2.45, 2.75) is 25.8 Å². The maximum atomic E-state index is 11.6. The second-order valence-corrected chi connectivity index (χ2v) is 4.05. The molecule has 0 aliphatic carbocycles. The third-order valence-corrected chi connectivity index (χ3v) is 2.44. The van der Waals surface area contributed by atoms with Crippen molar-refractivity contribution in [3.05, 3.63) is 29.8 Å². The molecule has 0 aliphatic heterocycles. The lowest BCUT2D eigenvalue weighted by Gasteiger charge is -2.14. The number of aliphatic hydroxyl groups excluding tert-OH is 1. The van der Waals surface area contributed by atoms with Crippen LogP contribution in [0.4, 0.5) is 10.5 Å². The summed E-state index contributed by atoms with van der Waals surface area (Å²) < 4.78 is 0. The lowest BCUT2D eigenvalue weighted by Crippen LogP contribution is -2.36. The van der Waals surface area contributed by atoms with Crippen molar-refractivity contribution < 1.29 is 9.90 Å². The second-order valence-electron chi connectivity index (χ2n) is 4.05. The summed E-state index contributed by atoms with van der Waals surface area (Å²) in [6.07, 6.45) is 1.40. The molecule has 0 saturated heterocycles. The molecule has 0 unspecified atom stereocenters. The Morgan fingerprint density at radius 3 is 2.67 bits per heavy atom. The van der Waals surface area contributed by atoms with E-state index in [1.165, 1.54) is 0 Å². The Hall–Kier alpha value is -2.06. The molecule has 0 saturated carbocycles. The smallest absolute Gasteiger partial charge is 0.319 e. The number of rotatable bonds is 5. The third-order valence-electron chi connectivity index (χ3n) is 2.44. The Bertz CT molecular complexity index is 423. The van der Waals surface area contributed by atoms with Gasteiger partial charge < -0.3 is 15.7 Å². The fourth-order valence-corrected chi connectivity index (χ4v) is 1.49. The molecular weight excluding hydrogens is 230 g/mol. The standard InChI is InChI=1S/C13H17N3O2/c1-10(3-2-8-17)15-13(18)16-12-6-4-11(9-14)5-7-12/h4-7,10,17H,2-3,8H2,1H3,(H2,15,16,18)/t10-/m0/s1. The van der Waals surface area contributed by atoms with E-state index in [-0.39, 0.29) is 18.7 Å². The van der Waals surface area contributed by atoms with Crippen LogP contribution in [0.3, 0.4) is 0 Å². The van der Waals surface area contributed by atoms with Crippen LogP contribution in [0.2, 0.25) is 0 Å². The predicted molar refractivity (Wildman–Crippen MR) is 69.1 cm³/mol. The van der Waals surface area contributed by atoms with Gasteiger partial charge in [0.25, 0.3) is 0 Å². The Morgan fingerprint density at radius 2 is 2.11 bits per heavy atom. The molecule has 0 heterocycles. The summed E-state index contributed by atoms with van der Waals surface area (Å²) in [4.78, 5) is 11.6. The van der Waals surface area contributed by atoms with Gasteiger partial charge in [-0.05, 0) is 44.0 Å². The van der Waals surface area contributed by atoms with Crippen LogP contribution in [0, 0.1) is 11.3 Å². The molecule has 3 N–H and O–H groups in total.